The average molecular weight is 386 g/mol. The van der Waals surface area contributed by atoms with Gasteiger partial charge in [0, 0.05) is 19.6 Å². The van der Waals surface area contributed by atoms with Gasteiger partial charge in [-0.05, 0) is 24.6 Å². The molecule has 2 aromatic rings. The number of thioether (sulfide) groups is 1. The molecule has 1 aromatic heterocycles. The molecule has 0 unspecified atom stereocenters. The minimum atomic E-state index is -4.43. The number of hydrogen-bond donors (Lipinski definition) is 1. The van der Waals surface area contributed by atoms with E-state index in [-0.39, 0.29) is 11.7 Å². The summed E-state index contributed by atoms with van der Waals surface area (Å²) in [7, 11) is 0. The highest BCUT2D eigenvalue weighted by Crippen LogP contribution is 2.33. The quantitative estimate of drug-likeness (QED) is 0.802. The predicted molar refractivity (Wildman–Crippen MR) is 90.9 cm³/mol. The molecule has 1 fully saturated rings. The summed E-state index contributed by atoms with van der Waals surface area (Å²) in [5.41, 5.74) is 0.0967. The van der Waals surface area contributed by atoms with Crippen LogP contribution in [0, 0.1) is 0 Å². The van der Waals surface area contributed by atoms with E-state index in [1.807, 2.05) is 6.92 Å². The molecule has 1 aliphatic rings. The van der Waals surface area contributed by atoms with Crippen molar-refractivity contribution in [3.05, 3.63) is 23.8 Å². The van der Waals surface area contributed by atoms with Crippen LogP contribution in [-0.2, 0) is 17.5 Å². The SMILES string of the molecule is CCCn1c(SCC(=O)N2CCNC2=O)nc2ccc(C(F)(F)F)cc21. The van der Waals surface area contributed by atoms with Gasteiger partial charge in [0.15, 0.2) is 5.16 Å². The van der Waals surface area contributed by atoms with E-state index >= 15 is 0 Å². The molecule has 1 aromatic carbocycles. The van der Waals surface area contributed by atoms with E-state index in [1.165, 1.54) is 6.07 Å². The van der Waals surface area contributed by atoms with Crippen LogP contribution in [0.1, 0.15) is 18.9 Å². The van der Waals surface area contributed by atoms with E-state index in [2.05, 4.69) is 10.3 Å². The van der Waals surface area contributed by atoms with Crippen LogP contribution in [0.25, 0.3) is 11.0 Å². The predicted octanol–water partition coefficient (Wildman–Crippen LogP) is 3.11. The van der Waals surface area contributed by atoms with Crippen molar-refractivity contribution < 1.29 is 22.8 Å². The molecule has 10 heteroatoms. The zero-order valence-corrected chi connectivity index (χ0v) is 14.8. The Kier molecular flexibility index (Phi) is 5.12. The van der Waals surface area contributed by atoms with E-state index in [1.54, 1.807) is 4.57 Å². The van der Waals surface area contributed by atoms with Gasteiger partial charge < -0.3 is 9.88 Å². The van der Waals surface area contributed by atoms with Crippen molar-refractivity contribution in [2.24, 2.45) is 0 Å². The number of rotatable bonds is 5. The molecule has 26 heavy (non-hydrogen) atoms. The molecule has 0 saturated carbocycles. The van der Waals surface area contributed by atoms with Crippen molar-refractivity contribution in [2.75, 3.05) is 18.8 Å². The van der Waals surface area contributed by atoms with Crippen molar-refractivity contribution in [2.45, 2.75) is 31.2 Å². The van der Waals surface area contributed by atoms with Crippen LogP contribution in [0.4, 0.5) is 18.0 Å². The maximum Gasteiger partial charge on any atom is 0.416 e. The molecular weight excluding hydrogens is 369 g/mol. The maximum atomic E-state index is 13.0. The number of alkyl halides is 3. The summed E-state index contributed by atoms with van der Waals surface area (Å²) in [6.07, 6.45) is -3.72. The summed E-state index contributed by atoms with van der Waals surface area (Å²) in [4.78, 5) is 29.2. The lowest BCUT2D eigenvalue weighted by Gasteiger charge is -2.12. The number of halogens is 3. The number of urea groups is 1. The molecule has 0 aliphatic carbocycles. The molecule has 2 heterocycles. The van der Waals surface area contributed by atoms with E-state index in [4.69, 9.17) is 0 Å². The first-order valence-electron chi connectivity index (χ1n) is 8.09. The molecular formula is C16H17F3N4O2S. The molecule has 0 spiro atoms. The Labute approximate surface area is 151 Å². The molecule has 140 valence electrons. The van der Waals surface area contributed by atoms with Crippen molar-refractivity contribution in [1.29, 1.82) is 0 Å². The largest absolute Gasteiger partial charge is 0.416 e. The third-order valence-corrected chi connectivity index (χ3v) is 4.93. The Morgan fingerprint density at radius 2 is 2.15 bits per heavy atom. The topological polar surface area (TPSA) is 67.2 Å². The average Bonchev–Trinajstić information content (AvgIpc) is 3.16. The minimum absolute atomic E-state index is 0.00736. The first kappa shape index (κ1) is 18.6. The van der Waals surface area contributed by atoms with E-state index < -0.39 is 17.8 Å². The van der Waals surface area contributed by atoms with Crippen molar-refractivity contribution in [3.63, 3.8) is 0 Å². The molecule has 0 radical (unpaired) electrons. The first-order chi connectivity index (χ1) is 12.3. The van der Waals surface area contributed by atoms with Gasteiger partial charge in [-0.2, -0.15) is 13.2 Å². The van der Waals surface area contributed by atoms with Gasteiger partial charge in [-0.15, -0.1) is 0 Å². The molecule has 1 N–H and O–H groups in total. The molecule has 3 amide bonds. The highest BCUT2D eigenvalue weighted by Gasteiger charge is 2.31. The van der Waals surface area contributed by atoms with Gasteiger partial charge in [-0.1, -0.05) is 18.7 Å². The Hall–Kier alpha value is -2.23. The van der Waals surface area contributed by atoms with Gasteiger partial charge in [-0.3, -0.25) is 9.69 Å². The number of aromatic nitrogens is 2. The van der Waals surface area contributed by atoms with Crippen molar-refractivity contribution in [1.82, 2.24) is 19.8 Å². The fourth-order valence-electron chi connectivity index (χ4n) is 2.74. The van der Waals surface area contributed by atoms with Crippen LogP contribution < -0.4 is 5.32 Å². The third kappa shape index (κ3) is 3.64. The van der Waals surface area contributed by atoms with Crippen LogP contribution in [0.15, 0.2) is 23.4 Å². The lowest BCUT2D eigenvalue weighted by Crippen LogP contribution is -2.35. The molecule has 1 saturated heterocycles. The van der Waals surface area contributed by atoms with E-state index in [0.717, 1.165) is 28.8 Å². The maximum absolute atomic E-state index is 13.0. The van der Waals surface area contributed by atoms with Crippen molar-refractivity contribution in [3.8, 4) is 0 Å². The summed E-state index contributed by atoms with van der Waals surface area (Å²) in [5.74, 6) is -0.358. The summed E-state index contributed by atoms with van der Waals surface area (Å²) < 4.78 is 40.6. The summed E-state index contributed by atoms with van der Waals surface area (Å²) in [5, 5.41) is 3.02. The second-order valence-corrected chi connectivity index (χ2v) is 6.76. The van der Waals surface area contributed by atoms with E-state index in [0.29, 0.717) is 42.2 Å². The molecule has 3 rings (SSSR count). The Balaban J connectivity index is 1.86. The lowest BCUT2D eigenvalue weighted by atomic mass is 10.2. The number of benzene rings is 1. The normalized spacial score (nSPS) is 14.9. The first-order valence-corrected chi connectivity index (χ1v) is 9.08. The second kappa shape index (κ2) is 7.18. The monoisotopic (exact) mass is 386 g/mol. The number of carbonyl (C=O) groups is 2. The van der Waals surface area contributed by atoms with E-state index in [9.17, 15) is 22.8 Å². The summed E-state index contributed by atoms with van der Waals surface area (Å²) >= 11 is 1.12. The van der Waals surface area contributed by atoms with Crippen LogP contribution in [0.2, 0.25) is 0 Å². The Morgan fingerprint density at radius 1 is 1.38 bits per heavy atom. The third-order valence-electron chi connectivity index (χ3n) is 3.97. The molecule has 0 atom stereocenters. The highest BCUT2D eigenvalue weighted by molar-refractivity contribution is 7.99. The van der Waals surface area contributed by atoms with Gasteiger partial charge in [0.25, 0.3) is 0 Å². The highest BCUT2D eigenvalue weighted by atomic mass is 32.2. The smallest absolute Gasteiger partial charge is 0.336 e. The Morgan fingerprint density at radius 3 is 2.77 bits per heavy atom. The van der Waals surface area contributed by atoms with Gasteiger partial charge in [0.2, 0.25) is 5.91 Å². The fraction of sp³-hybridized carbons (Fsp3) is 0.438. The zero-order valence-electron chi connectivity index (χ0n) is 14.0. The van der Waals surface area contributed by atoms with Crippen LogP contribution in [0.5, 0.6) is 0 Å². The van der Waals surface area contributed by atoms with Gasteiger partial charge in [-0.25, -0.2) is 9.78 Å². The molecule has 1 aliphatic heterocycles. The zero-order chi connectivity index (χ0) is 18.9. The van der Waals surface area contributed by atoms with Gasteiger partial charge in [0.05, 0.1) is 22.3 Å². The number of aryl methyl sites for hydroxylation is 1. The number of imidazole rings is 1. The molecule has 6 nitrogen and oxygen atoms in total. The number of nitrogens with zero attached hydrogens (tertiary/aromatic N) is 3. The minimum Gasteiger partial charge on any atom is -0.336 e. The standard InChI is InChI=1S/C16H17F3N4O2S/c1-2-6-22-12-8-10(16(17,18)19)3-4-11(12)21-15(22)26-9-13(24)23-7-5-20-14(23)25/h3-4,8H,2,5-7,9H2,1H3,(H,20,25). The number of fused-ring (bicyclic) bond motifs is 1. The van der Waals surface area contributed by atoms with Crippen LogP contribution >= 0.6 is 11.8 Å². The van der Waals surface area contributed by atoms with Gasteiger partial charge >= 0.3 is 12.2 Å². The number of carbonyl (C=O) groups excluding carboxylic acids is 2. The number of hydrogen-bond acceptors (Lipinski definition) is 4. The lowest BCUT2D eigenvalue weighted by molar-refractivity contribution is -0.137. The second-order valence-electron chi connectivity index (χ2n) is 5.81. The van der Waals surface area contributed by atoms with Crippen molar-refractivity contribution >= 4 is 34.7 Å². The number of amides is 3. The van der Waals surface area contributed by atoms with Crippen LogP contribution in [-0.4, -0.2) is 45.2 Å². The van der Waals surface area contributed by atoms with Gasteiger partial charge in [0.1, 0.15) is 0 Å². The Bertz CT molecular complexity index is 850. The number of nitrogens with one attached hydrogen (secondary N) is 1. The molecule has 0 bridgehead atoms. The summed E-state index contributed by atoms with van der Waals surface area (Å²) in [6.45, 7) is 3.13. The summed E-state index contributed by atoms with van der Waals surface area (Å²) in [6, 6.07) is 2.99. The fourth-order valence-corrected chi connectivity index (χ4v) is 3.66. The number of imide groups is 1. The van der Waals surface area contributed by atoms with Crippen LogP contribution in [0.3, 0.4) is 0 Å².